The molecule has 2 N–H and O–H groups in total. The lowest BCUT2D eigenvalue weighted by atomic mass is 10.2. The minimum atomic E-state index is -0.207. The third-order valence-electron chi connectivity index (χ3n) is 4.22. The molecule has 2 aromatic rings. The predicted octanol–water partition coefficient (Wildman–Crippen LogP) is 5.34. The van der Waals surface area contributed by atoms with Gasteiger partial charge < -0.3 is 20.1 Å². The molecule has 0 heterocycles. The zero-order valence-electron chi connectivity index (χ0n) is 17.8. The second-order valence-electron chi connectivity index (χ2n) is 6.84. The average Bonchev–Trinajstić information content (AvgIpc) is 2.76. The average molecular weight is 556 g/mol. The minimum Gasteiger partial charge on any atom is -0.493 e. The van der Waals surface area contributed by atoms with Gasteiger partial charge in [-0.05, 0) is 55.7 Å². The summed E-state index contributed by atoms with van der Waals surface area (Å²) in [6.45, 7) is 5.98. The van der Waals surface area contributed by atoms with Gasteiger partial charge in [0, 0.05) is 22.0 Å². The molecule has 0 aliphatic rings. The lowest BCUT2D eigenvalue weighted by Gasteiger charge is -2.13. The zero-order chi connectivity index (χ0) is 22.6. The van der Waals surface area contributed by atoms with Crippen LogP contribution in [-0.2, 0) is 0 Å². The van der Waals surface area contributed by atoms with Gasteiger partial charge in [0.25, 0.3) is 11.8 Å². The van der Waals surface area contributed by atoms with Gasteiger partial charge in [0.2, 0.25) is 0 Å². The highest BCUT2D eigenvalue weighted by molar-refractivity contribution is 9.10. The second kappa shape index (κ2) is 13.4. The van der Waals surface area contributed by atoms with Crippen LogP contribution in [0.1, 0.15) is 53.8 Å². The zero-order valence-corrected chi connectivity index (χ0v) is 21.0. The summed E-state index contributed by atoms with van der Waals surface area (Å²) in [5, 5.41) is 5.76. The van der Waals surface area contributed by atoms with Crippen molar-refractivity contribution in [2.75, 3.05) is 26.3 Å². The summed E-state index contributed by atoms with van der Waals surface area (Å²) < 4.78 is 12.9. The summed E-state index contributed by atoms with van der Waals surface area (Å²) in [4.78, 5) is 25.1. The number of hydrogen-bond donors (Lipinski definition) is 2. The Balaban J connectivity index is 1.85. The van der Waals surface area contributed by atoms with E-state index in [4.69, 9.17) is 9.47 Å². The summed E-state index contributed by atoms with van der Waals surface area (Å²) in [6, 6.07) is 10.7. The first-order valence-corrected chi connectivity index (χ1v) is 12.0. The van der Waals surface area contributed by atoms with Crippen LogP contribution in [0, 0.1) is 0 Å². The summed E-state index contributed by atoms with van der Waals surface area (Å²) in [6.07, 6.45) is 2.32. The van der Waals surface area contributed by atoms with Crippen LogP contribution < -0.4 is 20.1 Å². The molecular weight excluding hydrogens is 528 g/mol. The molecule has 6 nitrogen and oxygen atoms in total. The SMILES string of the molecule is CCCOc1ccc(Br)cc1C(=O)NCCCNC(=O)c1cc(Br)ccc1OCCC. The largest absolute Gasteiger partial charge is 0.493 e. The number of benzene rings is 2. The van der Waals surface area contributed by atoms with Gasteiger partial charge in [-0.25, -0.2) is 0 Å². The maximum atomic E-state index is 12.6. The molecule has 0 aromatic heterocycles. The Morgan fingerprint density at radius 1 is 0.774 bits per heavy atom. The van der Waals surface area contributed by atoms with E-state index in [0.29, 0.717) is 55.4 Å². The fourth-order valence-electron chi connectivity index (χ4n) is 2.72. The van der Waals surface area contributed by atoms with Gasteiger partial charge in [-0.15, -0.1) is 0 Å². The Morgan fingerprint density at radius 2 is 1.19 bits per heavy atom. The Kier molecular flexibility index (Phi) is 10.9. The molecule has 0 unspecified atom stereocenters. The first kappa shape index (κ1) is 25.2. The highest BCUT2D eigenvalue weighted by Crippen LogP contribution is 2.24. The quantitative estimate of drug-likeness (QED) is 0.347. The molecule has 0 aliphatic carbocycles. The highest BCUT2D eigenvalue weighted by atomic mass is 79.9. The molecule has 2 amide bonds. The third kappa shape index (κ3) is 8.18. The van der Waals surface area contributed by atoms with E-state index in [1.54, 1.807) is 24.3 Å². The number of amides is 2. The highest BCUT2D eigenvalue weighted by Gasteiger charge is 2.14. The molecule has 0 aliphatic heterocycles. The van der Waals surface area contributed by atoms with E-state index >= 15 is 0 Å². The molecule has 0 radical (unpaired) electrons. The van der Waals surface area contributed by atoms with Crippen molar-refractivity contribution in [3.8, 4) is 11.5 Å². The number of ether oxygens (including phenoxy) is 2. The topological polar surface area (TPSA) is 76.7 Å². The first-order valence-electron chi connectivity index (χ1n) is 10.4. The smallest absolute Gasteiger partial charge is 0.255 e. The van der Waals surface area contributed by atoms with Gasteiger partial charge >= 0.3 is 0 Å². The molecule has 0 atom stereocenters. The fraction of sp³-hybridized carbons (Fsp3) is 0.391. The summed E-state index contributed by atoms with van der Waals surface area (Å²) >= 11 is 6.79. The van der Waals surface area contributed by atoms with Crippen LogP contribution in [0.25, 0.3) is 0 Å². The predicted molar refractivity (Wildman–Crippen MR) is 129 cm³/mol. The van der Waals surface area contributed by atoms with Gasteiger partial charge in [0.1, 0.15) is 11.5 Å². The normalized spacial score (nSPS) is 10.5. The number of halogens is 2. The first-order chi connectivity index (χ1) is 15.0. The van der Waals surface area contributed by atoms with E-state index < -0.39 is 0 Å². The van der Waals surface area contributed by atoms with E-state index in [-0.39, 0.29) is 11.8 Å². The molecule has 0 spiro atoms. The van der Waals surface area contributed by atoms with Crippen molar-refractivity contribution in [2.24, 2.45) is 0 Å². The van der Waals surface area contributed by atoms with Crippen molar-refractivity contribution in [3.63, 3.8) is 0 Å². The number of hydrogen-bond acceptors (Lipinski definition) is 4. The Hall–Kier alpha value is -2.06. The maximum Gasteiger partial charge on any atom is 0.255 e. The summed E-state index contributed by atoms with van der Waals surface area (Å²) in [5.74, 6) is 0.706. The third-order valence-corrected chi connectivity index (χ3v) is 5.21. The maximum absolute atomic E-state index is 12.6. The number of carbonyl (C=O) groups is 2. The molecule has 0 fully saturated rings. The molecule has 31 heavy (non-hydrogen) atoms. The van der Waals surface area contributed by atoms with Crippen LogP contribution in [0.2, 0.25) is 0 Å². The van der Waals surface area contributed by atoms with Gasteiger partial charge in [-0.3, -0.25) is 9.59 Å². The van der Waals surface area contributed by atoms with E-state index in [2.05, 4.69) is 42.5 Å². The van der Waals surface area contributed by atoms with Crippen LogP contribution in [-0.4, -0.2) is 38.1 Å². The monoisotopic (exact) mass is 554 g/mol. The Labute approximate surface area is 200 Å². The standard InChI is InChI=1S/C23H28Br2N2O4/c1-3-12-30-20-8-6-16(24)14-18(20)22(28)26-10-5-11-27-23(29)19-15-17(25)7-9-21(19)31-13-4-2/h6-9,14-15H,3-5,10-13H2,1-2H3,(H,26,28)(H,27,29). The summed E-state index contributed by atoms with van der Waals surface area (Å²) in [5.41, 5.74) is 0.970. The molecule has 0 saturated carbocycles. The lowest BCUT2D eigenvalue weighted by Crippen LogP contribution is -2.30. The van der Waals surface area contributed by atoms with Crippen LogP contribution in [0.3, 0.4) is 0 Å². The molecule has 0 bridgehead atoms. The molecule has 2 aromatic carbocycles. The van der Waals surface area contributed by atoms with Crippen LogP contribution in [0.15, 0.2) is 45.3 Å². The Bertz CT molecular complexity index is 818. The van der Waals surface area contributed by atoms with Gasteiger partial charge in [-0.1, -0.05) is 45.7 Å². The number of carbonyl (C=O) groups excluding carboxylic acids is 2. The molecular formula is C23H28Br2N2O4. The number of nitrogens with one attached hydrogen (secondary N) is 2. The van der Waals surface area contributed by atoms with Crippen molar-refractivity contribution in [2.45, 2.75) is 33.1 Å². The van der Waals surface area contributed by atoms with Crippen molar-refractivity contribution in [1.82, 2.24) is 10.6 Å². The van der Waals surface area contributed by atoms with Gasteiger partial charge in [0.15, 0.2) is 0 Å². The molecule has 2 rings (SSSR count). The number of rotatable bonds is 12. The van der Waals surface area contributed by atoms with Crippen LogP contribution in [0.5, 0.6) is 11.5 Å². The fourth-order valence-corrected chi connectivity index (χ4v) is 3.44. The van der Waals surface area contributed by atoms with E-state index in [9.17, 15) is 9.59 Å². The van der Waals surface area contributed by atoms with E-state index in [1.165, 1.54) is 0 Å². The van der Waals surface area contributed by atoms with Gasteiger partial charge in [0.05, 0.1) is 24.3 Å². The molecule has 168 valence electrons. The van der Waals surface area contributed by atoms with Crippen molar-refractivity contribution >= 4 is 43.7 Å². The minimum absolute atomic E-state index is 0.207. The van der Waals surface area contributed by atoms with E-state index in [1.807, 2.05) is 26.0 Å². The van der Waals surface area contributed by atoms with Gasteiger partial charge in [-0.2, -0.15) is 0 Å². The van der Waals surface area contributed by atoms with Crippen molar-refractivity contribution in [1.29, 1.82) is 0 Å². The van der Waals surface area contributed by atoms with Crippen molar-refractivity contribution < 1.29 is 19.1 Å². The molecule has 0 saturated heterocycles. The van der Waals surface area contributed by atoms with Crippen LogP contribution in [0.4, 0.5) is 0 Å². The van der Waals surface area contributed by atoms with Crippen LogP contribution >= 0.6 is 31.9 Å². The van der Waals surface area contributed by atoms with E-state index in [0.717, 1.165) is 21.8 Å². The lowest BCUT2D eigenvalue weighted by molar-refractivity contribution is 0.0948. The second-order valence-corrected chi connectivity index (χ2v) is 8.67. The molecule has 8 heteroatoms. The Morgan fingerprint density at radius 3 is 1.58 bits per heavy atom. The summed E-state index contributed by atoms with van der Waals surface area (Å²) in [7, 11) is 0. The van der Waals surface area contributed by atoms with Crippen molar-refractivity contribution in [3.05, 3.63) is 56.5 Å².